The van der Waals surface area contributed by atoms with E-state index in [0.717, 1.165) is 12.8 Å². The fourth-order valence-corrected chi connectivity index (χ4v) is 0.653. The van der Waals surface area contributed by atoms with E-state index in [1.54, 1.807) is 0 Å². The van der Waals surface area contributed by atoms with Gasteiger partial charge in [0.15, 0.2) is 0 Å². The van der Waals surface area contributed by atoms with Gasteiger partial charge in [0, 0.05) is 0 Å². The molecule has 0 saturated carbocycles. The molecule has 0 atom stereocenters. The summed E-state index contributed by atoms with van der Waals surface area (Å²) in [5.41, 5.74) is 0.0881. The number of unbranched alkanes of at least 4 members (excludes halogenated alkanes) is 2. The Morgan fingerprint density at radius 3 is 1.15 bits per heavy atom. The largest absolute Gasteiger partial charge is 0.687 e. The molecule has 0 radical (unpaired) electrons. The normalized spacial score (nSPS) is 10.7. The first-order valence-electron chi connectivity index (χ1n) is 10.4. The zero-order chi connectivity index (χ0) is 22.4. The molecule has 0 spiro atoms. The van der Waals surface area contributed by atoms with E-state index in [1.165, 1.54) is 32.5 Å². The Hall–Kier alpha value is -0.172. The smallest absolute Gasteiger partial charge is 0.0663 e. The average Bonchev–Trinajstić information content (AvgIpc) is 2.66. The third kappa shape index (κ3) is 41.4. The number of hydrogen-bond donors (Lipinski definition) is 0. The molecule has 0 heterocycles. The molecule has 0 unspecified atom stereocenters. The van der Waals surface area contributed by atoms with E-state index in [0.29, 0.717) is 6.04 Å². The second-order valence-corrected chi connectivity index (χ2v) is 8.48. The summed E-state index contributed by atoms with van der Waals surface area (Å²) in [5, 5.41) is 8.88. The Kier molecular flexibility index (Phi) is 30.4. The summed E-state index contributed by atoms with van der Waals surface area (Å²) < 4.78 is 3.97. The monoisotopic (exact) mass is 551 g/mol. The van der Waals surface area contributed by atoms with Gasteiger partial charge in [-0.05, 0) is 0 Å². The fraction of sp³-hybridized carbons (Fsp3) is 0.826. The molecular weight excluding hydrogens is 502 g/mol. The van der Waals surface area contributed by atoms with Crippen molar-refractivity contribution in [3.05, 3.63) is 35.9 Å². The Labute approximate surface area is 184 Å². The summed E-state index contributed by atoms with van der Waals surface area (Å²) in [5.74, 6) is 0. The molecule has 0 aliphatic rings. The summed E-state index contributed by atoms with van der Waals surface area (Å²) in [6.45, 7) is 25.3. The van der Waals surface area contributed by atoms with E-state index in [-0.39, 0.29) is 11.1 Å². The van der Waals surface area contributed by atoms with Crippen molar-refractivity contribution < 1.29 is 19.6 Å². The van der Waals surface area contributed by atoms with Crippen LogP contribution in [0.4, 0.5) is 0 Å². The van der Waals surface area contributed by atoms with Crippen molar-refractivity contribution in [1.29, 1.82) is 0 Å². The minimum absolute atomic E-state index is 0.0440. The van der Waals surface area contributed by atoms with Crippen LogP contribution >= 0.6 is 0 Å². The third-order valence-electron chi connectivity index (χ3n) is 3.67. The summed E-state index contributed by atoms with van der Waals surface area (Å²) in [6.07, 6.45) is 12.4. The van der Waals surface area contributed by atoms with Crippen LogP contribution in [0.1, 0.15) is 109 Å². The molecule has 0 fully saturated rings. The van der Waals surface area contributed by atoms with Gasteiger partial charge in [0.25, 0.3) is 0 Å². The van der Waals surface area contributed by atoms with Crippen LogP contribution in [-0.2, 0) is 19.6 Å². The zero-order valence-electron chi connectivity index (χ0n) is 20.5. The van der Waals surface area contributed by atoms with Crippen molar-refractivity contribution in [3.63, 3.8) is 0 Å². The molecule has 0 aromatic heterocycles. The van der Waals surface area contributed by atoms with E-state index >= 15 is 0 Å². The molecule has 0 saturated heterocycles. The first-order chi connectivity index (χ1) is 12.4. The van der Waals surface area contributed by atoms with Gasteiger partial charge in [0.05, 0.1) is 0 Å². The van der Waals surface area contributed by atoms with Gasteiger partial charge >= 0.3 is 43.0 Å². The van der Waals surface area contributed by atoms with E-state index in [4.69, 9.17) is 0 Å². The molecule has 0 bridgehead atoms. The van der Waals surface area contributed by atoms with Gasteiger partial charge in [-0.3, -0.25) is 0 Å². The molecule has 166 valence electrons. The molecule has 0 amide bonds. The summed E-state index contributed by atoms with van der Waals surface area (Å²) in [6, 6.07) is 0.546. The van der Waals surface area contributed by atoms with E-state index in [1.807, 2.05) is 12.4 Å². The van der Waals surface area contributed by atoms with Crippen molar-refractivity contribution in [2.45, 2.75) is 126 Å². The molecule has 0 aliphatic heterocycles. The maximum atomic E-state index is 4.44. The molecule has 0 N–H and O–H groups in total. The van der Waals surface area contributed by atoms with Crippen LogP contribution in [0.5, 0.6) is 0 Å². The van der Waals surface area contributed by atoms with Crippen molar-refractivity contribution in [2.75, 3.05) is 0 Å². The van der Waals surface area contributed by atoms with Crippen LogP contribution in [0.25, 0.3) is 10.6 Å². The van der Waals surface area contributed by atoms with Gasteiger partial charge in [-0.1, -0.05) is 68.2 Å². The molecule has 0 aliphatic carbocycles. The van der Waals surface area contributed by atoms with Crippen molar-refractivity contribution in [2.24, 2.45) is 3.50 Å². The van der Waals surface area contributed by atoms with E-state index < -0.39 is 0 Å². The Bertz CT molecular complexity index is 283. The SMILES string of the molecule is CC(C)[N]=[W].CCC(C)(C)[N-]/C=C\[N-]C(C)(C)CC.C[CH-]CC.C[CH-]CC. The van der Waals surface area contributed by atoms with E-state index in [2.05, 4.69) is 110 Å². The average molecular weight is 552 g/mol. The number of hydrogen-bond acceptors (Lipinski definition) is 1. The van der Waals surface area contributed by atoms with Gasteiger partial charge in [-0.25, -0.2) is 12.4 Å². The van der Waals surface area contributed by atoms with Crippen molar-refractivity contribution >= 4 is 0 Å². The van der Waals surface area contributed by atoms with Crippen LogP contribution in [0.2, 0.25) is 0 Å². The van der Waals surface area contributed by atoms with Crippen LogP contribution in [0.3, 0.4) is 0 Å². The molecule has 3 nitrogen and oxygen atoms in total. The zero-order valence-corrected chi connectivity index (χ0v) is 23.4. The standard InChI is InChI=1S/C12H24N2.2C4H9.C3H7N.W/c1-7-11(3,4)13-9-10-14-12(5,6)8-2;2*1-3-4-2;1-3(2)4;/h9-10H,7-8H2,1-6H3;2*3H,4H2,1-2H3;3H,1-2H3;/q-2;2*-1;;/b10-9-;;;;. The maximum absolute atomic E-state index is 4.44. The topological polar surface area (TPSA) is 40.6 Å². The predicted molar refractivity (Wildman–Crippen MR) is 123 cm³/mol. The van der Waals surface area contributed by atoms with Gasteiger partial charge in [0.1, 0.15) is 0 Å². The van der Waals surface area contributed by atoms with Gasteiger partial charge in [-0.2, -0.15) is 26.7 Å². The van der Waals surface area contributed by atoms with Crippen molar-refractivity contribution in [1.82, 2.24) is 0 Å². The summed E-state index contributed by atoms with van der Waals surface area (Å²) in [4.78, 5) is 0. The van der Waals surface area contributed by atoms with Crippen molar-refractivity contribution in [3.8, 4) is 0 Å². The minimum atomic E-state index is 0.0440. The van der Waals surface area contributed by atoms with Crippen LogP contribution in [0, 0.1) is 12.8 Å². The first kappa shape index (κ1) is 34.3. The maximum Gasteiger partial charge on any atom is -0.0663 e. The molecule has 0 aromatic carbocycles. The molecule has 4 heteroatoms. The van der Waals surface area contributed by atoms with Gasteiger partial charge in [0.2, 0.25) is 0 Å². The quantitative estimate of drug-likeness (QED) is 0.257. The third-order valence-corrected chi connectivity index (χ3v) is 5.19. The predicted octanol–water partition coefficient (Wildman–Crippen LogP) is 8.95. The van der Waals surface area contributed by atoms with Gasteiger partial charge in [-0.15, -0.1) is 11.1 Å². The molecular formula is C23H49N3W-4. The van der Waals surface area contributed by atoms with E-state index in [9.17, 15) is 0 Å². The minimum Gasteiger partial charge on any atom is -0.687 e. The summed E-state index contributed by atoms with van der Waals surface area (Å²) >= 11 is 1.33. The molecule has 0 aromatic rings. The molecule has 27 heavy (non-hydrogen) atoms. The number of rotatable bonds is 9. The molecule has 0 rings (SSSR count). The summed E-state index contributed by atoms with van der Waals surface area (Å²) in [7, 11) is 0. The van der Waals surface area contributed by atoms with Crippen LogP contribution in [-0.4, -0.2) is 17.1 Å². The Balaban J connectivity index is -0.000000166. The number of nitrogens with zero attached hydrogens (tertiary/aromatic N) is 3. The Morgan fingerprint density at radius 1 is 0.815 bits per heavy atom. The second-order valence-electron chi connectivity index (χ2n) is 7.72. The first-order valence-corrected chi connectivity index (χ1v) is 11.7. The van der Waals surface area contributed by atoms with Crippen LogP contribution < -0.4 is 0 Å². The van der Waals surface area contributed by atoms with Gasteiger partial charge < -0.3 is 23.5 Å². The fourth-order valence-electron chi connectivity index (χ4n) is 0.653. The Morgan fingerprint density at radius 2 is 1.04 bits per heavy atom. The van der Waals surface area contributed by atoms with Crippen LogP contribution in [0.15, 0.2) is 15.9 Å². The second kappa shape index (κ2) is 23.9.